The Morgan fingerprint density at radius 1 is 1.28 bits per heavy atom. The molecule has 0 saturated heterocycles. The molecule has 1 unspecified atom stereocenters. The van der Waals surface area contributed by atoms with E-state index in [0.717, 1.165) is 41.1 Å². The number of ether oxygens (including phenoxy) is 1. The topological polar surface area (TPSA) is 56.6 Å². The van der Waals surface area contributed by atoms with Gasteiger partial charge in [0.05, 0.1) is 18.4 Å². The maximum absolute atomic E-state index is 12.2. The number of anilines is 1. The van der Waals surface area contributed by atoms with E-state index in [-0.39, 0.29) is 0 Å². The van der Waals surface area contributed by atoms with Crippen molar-refractivity contribution < 1.29 is 8.95 Å². The first kappa shape index (κ1) is 25.3. The number of nitriles is 1. The second kappa shape index (κ2) is 12.1. The highest BCUT2D eigenvalue weighted by Crippen LogP contribution is 2.37. The highest BCUT2D eigenvalue weighted by Gasteiger charge is 2.28. The van der Waals surface area contributed by atoms with E-state index >= 15 is 0 Å². The first-order valence-electron chi connectivity index (χ1n) is 11.1. The first-order valence-corrected chi connectivity index (χ1v) is 12.6. The van der Waals surface area contributed by atoms with Gasteiger partial charge in [-0.3, -0.25) is 4.31 Å². The van der Waals surface area contributed by atoms with Gasteiger partial charge in [-0.2, -0.15) is 5.26 Å². The van der Waals surface area contributed by atoms with Crippen LogP contribution in [-0.4, -0.2) is 42.1 Å². The lowest BCUT2D eigenvalue weighted by molar-refractivity contribution is 0.307. The molecule has 0 spiro atoms. The number of likely N-dealkylation sites (N-methyl/N-ethyl adjacent to an activating group) is 1. The average molecular weight is 452 g/mol. The third-order valence-electron chi connectivity index (χ3n) is 5.21. The molecule has 0 amide bonds. The van der Waals surface area contributed by atoms with Gasteiger partial charge in [0.1, 0.15) is 22.8 Å². The zero-order chi connectivity index (χ0) is 23.7. The van der Waals surface area contributed by atoms with Crippen molar-refractivity contribution in [1.29, 1.82) is 5.26 Å². The molecule has 1 aliphatic carbocycles. The standard InChI is InChI=1S/C24H27N3O2S.C2H6/c1-5-14-27(30(4)28)19-9-7-8-18(15-19)23-17-26(6-2)24-13-11-20(29-3)10-12-21(24)22(23)16-25;1-2/h7-12,15H,5-6,14,17H2,1-4H3;1-2H3. The minimum atomic E-state index is -1.11. The number of fused-ring (bicyclic) bond motifs is 1. The van der Waals surface area contributed by atoms with Gasteiger partial charge in [0, 0.05) is 43.2 Å². The largest absolute Gasteiger partial charge is 0.496 e. The van der Waals surface area contributed by atoms with Gasteiger partial charge in [-0.05, 0) is 48.8 Å². The SMILES string of the molecule is CC.CCCN(c1cccc(C2=C(C#N)C3=CC=C(OC)C=C=C3N(CC)C2)c1)S(C)=O. The van der Waals surface area contributed by atoms with Gasteiger partial charge in [0.15, 0.2) is 0 Å². The average Bonchev–Trinajstić information content (AvgIpc) is 3.05. The number of rotatable bonds is 7. The summed E-state index contributed by atoms with van der Waals surface area (Å²) in [6.45, 7) is 10.3. The van der Waals surface area contributed by atoms with E-state index in [1.165, 1.54) is 0 Å². The van der Waals surface area contributed by atoms with Crippen LogP contribution in [0, 0.1) is 11.3 Å². The number of nitrogens with zero attached hydrogens (tertiary/aromatic N) is 3. The fourth-order valence-corrected chi connectivity index (χ4v) is 4.55. The summed E-state index contributed by atoms with van der Waals surface area (Å²) in [5.74, 6) is 0.696. The van der Waals surface area contributed by atoms with E-state index in [4.69, 9.17) is 4.74 Å². The molecule has 0 N–H and O–H groups in total. The second-order valence-corrected chi connectivity index (χ2v) is 8.33. The summed E-state index contributed by atoms with van der Waals surface area (Å²) in [5.41, 5.74) is 8.53. The summed E-state index contributed by atoms with van der Waals surface area (Å²) in [6, 6.07) is 10.4. The number of methoxy groups -OCH3 is 1. The molecule has 5 nitrogen and oxygen atoms in total. The Morgan fingerprint density at radius 2 is 2.03 bits per heavy atom. The van der Waals surface area contributed by atoms with E-state index in [0.29, 0.717) is 24.4 Å². The molecular formula is C26H33N3O2S. The number of allylic oxidation sites excluding steroid dienone is 3. The highest BCUT2D eigenvalue weighted by molar-refractivity contribution is 7.85. The zero-order valence-corrected chi connectivity index (χ0v) is 20.8. The monoisotopic (exact) mass is 451 g/mol. The zero-order valence-electron chi connectivity index (χ0n) is 19.9. The number of hydrogen-bond donors (Lipinski definition) is 0. The van der Waals surface area contributed by atoms with Crippen LogP contribution in [0.5, 0.6) is 0 Å². The fourth-order valence-electron chi connectivity index (χ4n) is 3.70. The number of hydrogen-bond acceptors (Lipinski definition) is 4. The molecule has 1 heterocycles. The molecule has 1 atom stereocenters. The molecule has 0 aromatic heterocycles. The van der Waals surface area contributed by atoms with Crippen LogP contribution in [0.3, 0.4) is 0 Å². The van der Waals surface area contributed by atoms with E-state index in [1.54, 1.807) is 19.4 Å². The van der Waals surface area contributed by atoms with E-state index in [1.807, 2.05) is 54.6 Å². The molecule has 32 heavy (non-hydrogen) atoms. The number of benzene rings is 1. The van der Waals surface area contributed by atoms with Crippen LogP contribution in [0.15, 0.2) is 70.8 Å². The van der Waals surface area contributed by atoms with Crippen LogP contribution in [0.4, 0.5) is 5.69 Å². The summed E-state index contributed by atoms with van der Waals surface area (Å²) in [7, 11) is 0.512. The normalized spacial score (nSPS) is 15.8. The third kappa shape index (κ3) is 5.43. The Hall–Kier alpha value is -3.00. The summed E-state index contributed by atoms with van der Waals surface area (Å²) in [5, 5.41) is 10.1. The molecule has 6 heteroatoms. The Balaban J connectivity index is 0.00000176. The lowest BCUT2D eigenvalue weighted by atomic mass is 9.88. The Labute approximate surface area is 195 Å². The second-order valence-electron chi connectivity index (χ2n) is 7.05. The lowest BCUT2D eigenvalue weighted by Crippen LogP contribution is -2.30. The summed E-state index contributed by atoms with van der Waals surface area (Å²) in [6.07, 6.45) is 8.20. The van der Waals surface area contributed by atoms with Crippen molar-refractivity contribution in [1.82, 2.24) is 4.90 Å². The van der Waals surface area contributed by atoms with Crippen molar-refractivity contribution in [2.24, 2.45) is 0 Å². The predicted molar refractivity (Wildman–Crippen MR) is 134 cm³/mol. The van der Waals surface area contributed by atoms with Crippen LogP contribution in [0.2, 0.25) is 0 Å². The Morgan fingerprint density at radius 3 is 2.62 bits per heavy atom. The molecule has 3 rings (SSSR count). The van der Waals surface area contributed by atoms with Crippen molar-refractivity contribution in [3.63, 3.8) is 0 Å². The summed E-state index contributed by atoms with van der Waals surface area (Å²) >= 11 is 0. The van der Waals surface area contributed by atoms with Crippen LogP contribution in [0.25, 0.3) is 5.57 Å². The molecule has 1 aromatic rings. The van der Waals surface area contributed by atoms with Crippen LogP contribution < -0.4 is 4.31 Å². The molecule has 2 aliphatic rings. The highest BCUT2D eigenvalue weighted by atomic mass is 32.2. The molecule has 0 saturated carbocycles. The maximum atomic E-state index is 12.2. The molecule has 0 bridgehead atoms. The van der Waals surface area contributed by atoms with Gasteiger partial charge in [-0.15, -0.1) is 0 Å². The smallest absolute Gasteiger partial charge is 0.126 e. The maximum Gasteiger partial charge on any atom is 0.126 e. The van der Waals surface area contributed by atoms with Crippen molar-refractivity contribution in [2.45, 2.75) is 34.1 Å². The first-order chi connectivity index (χ1) is 15.5. The quantitative estimate of drug-likeness (QED) is 0.525. The van der Waals surface area contributed by atoms with Crippen molar-refractivity contribution in [3.8, 4) is 6.07 Å². The van der Waals surface area contributed by atoms with E-state index in [9.17, 15) is 9.47 Å². The van der Waals surface area contributed by atoms with Gasteiger partial charge in [-0.1, -0.05) is 38.6 Å². The van der Waals surface area contributed by atoms with Gasteiger partial charge < -0.3 is 9.64 Å². The molecule has 1 aliphatic heterocycles. The van der Waals surface area contributed by atoms with Gasteiger partial charge in [0.25, 0.3) is 0 Å². The van der Waals surface area contributed by atoms with Gasteiger partial charge >= 0.3 is 0 Å². The summed E-state index contributed by atoms with van der Waals surface area (Å²) in [4.78, 5) is 2.21. The van der Waals surface area contributed by atoms with Crippen LogP contribution >= 0.6 is 0 Å². The molecule has 0 fully saturated rings. The molecule has 170 valence electrons. The van der Waals surface area contributed by atoms with Gasteiger partial charge in [0.2, 0.25) is 0 Å². The Bertz CT molecular complexity index is 1050. The molecular weight excluding hydrogens is 418 g/mol. The van der Waals surface area contributed by atoms with Crippen molar-refractivity contribution >= 4 is 22.2 Å². The molecule has 0 radical (unpaired) electrons. The van der Waals surface area contributed by atoms with Crippen molar-refractivity contribution in [3.05, 3.63) is 76.4 Å². The van der Waals surface area contributed by atoms with Crippen LogP contribution in [0.1, 0.15) is 39.7 Å². The third-order valence-corrected chi connectivity index (χ3v) is 6.22. The van der Waals surface area contributed by atoms with Crippen LogP contribution in [-0.2, 0) is 15.7 Å². The van der Waals surface area contributed by atoms with E-state index < -0.39 is 11.0 Å². The predicted octanol–water partition coefficient (Wildman–Crippen LogP) is 5.34. The molecule has 1 aromatic carbocycles. The summed E-state index contributed by atoms with van der Waals surface area (Å²) < 4.78 is 19.5. The van der Waals surface area contributed by atoms with E-state index in [2.05, 4.69) is 30.5 Å². The minimum absolute atomic E-state index is 0.613. The fraction of sp³-hybridized carbons (Fsp3) is 0.385. The Kier molecular flexibility index (Phi) is 9.59. The van der Waals surface area contributed by atoms with Crippen molar-refractivity contribution in [2.75, 3.05) is 37.3 Å². The lowest BCUT2D eigenvalue weighted by Gasteiger charge is -2.33. The minimum Gasteiger partial charge on any atom is -0.496 e. The van der Waals surface area contributed by atoms with Gasteiger partial charge in [-0.25, -0.2) is 4.21 Å².